The lowest BCUT2D eigenvalue weighted by molar-refractivity contribution is -0.128. The van der Waals surface area contributed by atoms with Crippen LogP contribution in [0.25, 0.3) is 0 Å². The number of nitrogens with one attached hydrogen (secondary N) is 4. The fourth-order valence-electron chi connectivity index (χ4n) is 1.23. The van der Waals surface area contributed by atoms with Crippen LogP contribution in [0.1, 0.15) is 27.7 Å². The maximum Gasteiger partial charge on any atom is 0.239 e. The van der Waals surface area contributed by atoms with Gasteiger partial charge in [0.1, 0.15) is 0 Å². The fraction of sp³-hybridized carbons (Fsp3) is 0.714. The van der Waals surface area contributed by atoms with Crippen LogP contribution in [0.2, 0.25) is 0 Å². The van der Waals surface area contributed by atoms with Crippen molar-refractivity contribution >= 4 is 23.5 Å². The number of ketones is 1. The molecule has 3 amide bonds. The van der Waals surface area contributed by atoms with Gasteiger partial charge in [-0.1, -0.05) is 27.7 Å². The normalized spacial score (nSPS) is 10.5. The molecule has 0 aliphatic rings. The Bertz CT molecular complexity index is 408. The first-order chi connectivity index (χ1) is 10.2. The number of hydrogen-bond donors (Lipinski definition) is 4. The minimum Gasteiger partial charge on any atom is -0.347 e. The average Bonchev–Trinajstić information content (AvgIpc) is 2.45. The standard InChI is InChI=1S/C14H26N4O4/c1-9(2)11(19)5-16-13(21)7-18-14(22)8-17-12(20)6-15-10(3)4/h9-10,15H,5-8H2,1-4H3,(H,16,21)(H,17,20)(H,18,22). The van der Waals surface area contributed by atoms with Crippen molar-refractivity contribution in [3.8, 4) is 0 Å². The smallest absolute Gasteiger partial charge is 0.239 e. The summed E-state index contributed by atoms with van der Waals surface area (Å²) in [7, 11) is 0. The van der Waals surface area contributed by atoms with Crippen LogP contribution in [-0.4, -0.2) is 55.7 Å². The Kier molecular flexibility index (Phi) is 9.77. The third-order valence-corrected chi connectivity index (χ3v) is 2.67. The molecule has 22 heavy (non-hydrogen) atoms. The summed E-state index contributed by atoms with van der Waals surface area (Å²) in [6, 6.07) is 0.178. The van der Waals surface area contributed by atoms with Crippen molar-refractivity contribution in [1.29, 1.82) is 0 Å². The van der Waals surface area contributed by atoms with E-state index in [1.165, 1.54) is 0 Å². The summed E-state index contributed by atoms with van der Waals surface area (Å²) in [5.74, 6) is -1.44. The molecule has 8 heteroatoms. The lowest BCUT2D eigenvalue weighted by Gasteiger charge is -2.10. The lowest BCUT2D eigenvalue weighted by atomic mass is 10.1. The molecule has 4 N–H and O–H groups in total. The summed E-state index contributed by atoms with van der Waals surface area (Å²) >= 11 is 0. The first kappa shape index (κ1) is 20.0. The second kappa shape index (κ2) is 10.7. The van der Waals surface area contributed by atoms with Gasteiger partial charge in [0.05, 0.1) is 26.2 Å². The quantitative estimate of drug-likeness (QED) is 0.394. The largest absolute Gasteiger partial charge is 0.347 e. The minimum absolute atomic E-state index is 0.0516. The van der Waals surface area contributed by atoms with E-state index in [0.717, 1.165) is 0 Å². The topological polar surface area (TPSA) is 116 Å². The molecule has 126 valence electrons. The Labute approximate surface area is 130 Å². The monoisotopic (exact) mass is 314 g/mol. The Morgan fingerprint density at radius 3 is 1.50 bits per heavy atom. The van der Waals surface area contributed by atoms with Crippen molar-refractivity contribution in [3.05, 3.63) is 0 Å². The van der Waals surface area contributed by atoms with Crippen LogP contribution < -0.4 is 21.3 Å². The van der Waals surface area contributed by atoms with E-state index < -0.39 is 11.8 Å². The molecule has 0 saturated heterocycles. The van der Waals surface area contributed by atoms with Gasteiger partial charge >= 0.3 is 0 Å². The highest BCUT2D eigenvalue weighted by molar-refractivity contribution is 5.90. The van der Waals surface area contributed by atoms with Crippen LogP contribution in [0.4, 0.5) is 0 Å². The van der Waals surface area contributed by atoms with Crippen molar-refractivity contribution in [2.45, 2.75) is 33.7 Å². The summed E-state index contributed by atoms with van der Waals surface area (Å²) in [6.07, 6.45) is 0. The maximum atomic E-state index is 11.4. The zero-order chi connectivity index (χ0) is 17.1. The molecule has 0 aromatic carbocycles. The SMILES string of the molecule is CC(C)NCC(=O)NCC(=O)NCC(=O)NCC(=O)C(C)C. The molecule has 0 spiro atoms. The maximum absolute atomic E-state index is 11.4. The molecular formula is C14H26N4O4. The van der Waals surface area contributed by atoms with E-state index in [-0.39, 0.29) is 49.8 Å². The second-order valence-corrected chi connectivity index (χ2v) is 5.49. The molecule has 0 radical (unpaired) electrons. The summed E-state index contributed by atoms with van der Waals surface area (Å²) < 4.78 is 0. The molecule has 0 aromatic heterocycles. The highest BCUT2D eigenvalue weighted by atomic mass is 16.2. The zero-order valence-electron chi connectivity index (χ0n) is 13.6. The fourth-order valence-corrected chi connectivity index (χ4v) is 1.23. The van der Waals surface area contributed by atoms with E-state index >= 15 is 0 Å². The predicted octanol–water partition coefficient (Wildman–Crippen LogP) is -1.44. The molecule has 0 aliphatic carbocycles. The lowest BCUT2D eigenvalue weighted by Crippen LogP contribution is -2.45. The first-order valence-electron chi connectivity index (χ1n) is 7.28. The van der Waals surface area contributed by atoms with Crippen LogP contribution in [0, 0.1) is 5.92 Å². The minimum atomic E-state index is -0.469. The summed E-state index contributed by atoms with van der Waals surface area (Å²) in [4.78, 5) is 45.5. The van der Waals surface area contributed by atoms with Gasteiger partial charge in [-0.05, 0) is 0 Å². The molecule has 0 fully saturated rings. The van der Waals surface area contributed by atoms with E-state index in [0.29, 0.717) is 0 Å². The summed E-state index contributed by atoms with van der Waals surface area (Å²) in [5, 5.41) is 10.1. The van der Waals surface area contributed by atoms with Crippen molar-refractivity contribution in [2.75, 3.05) is 26.2 Å². The van der Waals surface area contributed by atoms with Gasteiger partial charge in [-0.3, -0.25) is 19.2 Å². The van der Waals surface area contributed by atoms with Crippen molar-refractivity contribution in [1.82, 2.24) is 21.3 Å². The van der Waals surface area contributed by atoms with Gasteiger partial charge in [-0.2, -0.15) is 0 Å². The molecular weight excluding hydrogens is 288 g/mol. The van der Waals surface area contributed by atoms with Crippen LogP contribution in [-0.2, 0) is 19.2 Å². The second-order valence-electron chi connectivity index (χ2n) is 5.49. The van der Waals surface area contributed by atoms with Crippen molar-refractivity contribution < 1.29 is 19.2 Å². The highest BCUT2D eigenvalue weighted by Gasteiger charge is 2.10. The average molecular weight is 314 g/mol. The zero-order valence-corrected chi connectivity index (χ0v) is 13.6. The van der Waals surface area contributed by atoms with Crippen molar-refractivity contribution in [3.63, 3.8) is 0 Å². The Morgan fingerprint density at radius 2 is 1.09 bits per heavy atom. The summed E-state index contributed by atoms with van der Waals surface area (Å²) in [6.45, 7) is 6.94. The molecule has 0 rings (SSSR count). The van der Waals surface area contributed by atoms with Crippen LogP contribution in [0.3, 0.4) is 0 Å². The van der Waals surface area contributed by atoms with E-state index in [4.69, 9.17) is 0 Å². The molecule has 0 aromatic rings. The van der Waals surface area contributed by atoms with Gasteiger partial charge < -0.3 is 21.3 Å². The third kappa shape index (κ3) is 10.8. The number of hydrogen-bond acceptors (Lipinski definition) is 5. The van der Waals surface area contributed by atoms with E-state index in [1.807, 2.05) is 13.8 Å². The number of carbonyl (C=O) groups is 4. The number of amides is 3. The van der Waals surface area contributed by atoms with E-state index in [1.54, 1.807) is 13.8 Å². The highest BCUT2D eigenvalue weighted by Crippen LogP contribution is 1.91. The van der Waals surface area contributed by atoms with Gasteiger partial charge in [0.15, 0.2) is 5.78 Å². The number of Topliss-reactive ketones (excluding diaryl/α,β-unsaturated/α-hetero) is 1. The van der Waals surface area contributed by atoms with Gasteiger partial charge in [0.2, 0.25) is 17.7 Å². The predicted molar refractivity (Wildman–Crippen MR) is 82.0 cm³/mol. The third-order valence-electron chi connectivity index (χ3n) is 2.67. The molecule has 8 nitrogen and oxygen atoms in total. The molecule has 0 atom stereocenters. The molecule has 0 heterocycles. The van der Waals surface area contributed by atoms with Crippen molar-refractivity contribution in [2.24, 2.45) is 5.92 Å². The molecule has 0 unspecified atom stereocenters. The van der Waals surface area contributed by atoms with Crippen LogP contribution in [0.5, 0.6) is 0 Å². The molecule has 0 aliphatic heterocycles. The van der Waals surface area contributed by atoms with Gasteiger partial charge in [0, 0.05) is 12.0 Å². The number of carbonyl (C=O) groups excluding carboxylic acids is 4. The first-order valence-corrected chi connectivity index (χ1v) is 7.28. The van der Waals surface area contributed by atoms with E-state index in [2.05, 4.69) is 21.3 Å². The summed E-state index contributed by atoms with van der Waals surface area (Å²) in [5.41, 5.74) is 0. The van der Waals surface area contributed by atoms with E-state index in [9.17, 15) is 19.2 Å². The van der Waals surface area contributed by atoms with Crippen LogP contribution in [0.15, 0.2) is 0 Å². The van der Waals surface area contributed by atoms with Gasteiger partial charge in [0.25, 0.3) is 0 Å². The van der Waals surface area contributed by atoms with Crippen LogP contribution >= 0.6 is 0 Å². The Balaban J connectivity index is 3.78. The Hall–Kier alpha value is -1.96. The molecule has 0 bridgehead atoms. The Morgan fingerprint density at radius 1 is 0.682 bits per heavy atom. The van der Waals surface area contributed by atoms with Gasteiger partial charge in [-0.15, -0.1) is 0 Å². The molecule has 0 saturated carbocycles. The van der Waals surface area contributed by atoms with Gasteiger partial charge in [-0.25, -0.2) is 0 Å². The number of rotatable bonds is 10.